The van der Waals surface area contributed by atoms with Gasteiger partial charge in [0.15, 0.2) is 12.0 Å². The zero-order chi connectivity index (χ0) is 25.5. The molecule has 34 heavy (non-hydrogen) atoms. The van der Waals surface area contributed by atoms with Crippen LogP contribution in [0.3, 0.4) is 0 Å². The molecule has 0 saturated carbocycles. The van der Waals surface area contributed by atoms with Crippen LogP contribution in [-0.2, 0) is 25.7 Å². The summed E-state index contributed by atoms with van der Waals surface area (Å²) in [6, 6.07) is 3.88. The second-order valence-corrected chi connectivity index (χ2v) is 8.78. The summed E-state index contributed by atoms with van der Waals surface area (Å²) in [6.45, 7) is 5.83. The number of likely N-dealkylation sites (tertiary alicyclic amines) is 1. The van der Waals surface area contributed by atoms with E-state index in [1.807, 2.05) is 0 Å². The van der Waals surface area contributed by atoms with E-state index in [4.69, 9.17) is 20.9 Å². The van der Waals surface area contributed by atoms with Gasteiger partial charge in [0.05, 0.1) is 11.3 Å². The number of nitrogens with two attached hydrogens (primary N) is 2. The minimum atomic E-state index is -1.27. The molecule has 2 amide bonds. The van der Waals surface area contributed by atoms with Crippen molar-refractivity contribution in [3.05, 3.63) is 39.9 Å². The van der Waals surface area contributed by atoms with E-state index in [-0.39, 0.29) is 37.3 Å². The predicted molar refractivity (Wildman–Crippen MR) is 121 cm³/mol. The quantitative estimate of drug-likeness (QED) is 0.159. The first kappa shape index (κ1) is 26.4. The van der Waals surface area contributed by atoms with Crippen LogP contribution in [-0.4, -0.2) is 64.5 Å². The number of benzene rings is 1. The Hall–Kier alpha value is -3.90. The van der Waals surface area contributed by atoms with Gasteiger partial charge in [-0.05, 0) is 44.9 Å². The van der Waals surface area contributed by atoms with E-state index in [9.17, 15) is 24.5 Å². The van der Waals surface area contributed by atoms with Gasteiger partial charge in [0.25, 0.3) is 5.69 Å². The Morgan fingerprint density at radius 2 is 1.91 bits per heavy atom. The van der Waals surface area contributed by atoms with Crippen molar-refractivity contribution < 1.29 is 28.8 Å². The highest BCUT2D eigenvalue weighted by atomic mass is 16.6. The summed E-state index contributed by atoms with van der Waals surface area (Å²) in [7, 11) is 0. The van der Waals surface area contributed by atoms with Crippen molar-refractivity contribution in [3.8, 4) is 0 Å². The number of carbonyl (C=O) groups excluding carboxylic acids is 3. The van der Waals surface area contributed by atoms with Crippen LogP contribution in [0, 0.1) is 10.1 Å². The molecule has 1 saturated heterocycles. The number of rotatable bonds is 8. The summed E-state index contributed by atoms with van der Waals surface area (Å²) in [5.41, 5.74) is 10.6. The van der Waals surface area contributed by atoms with E-state index in [2.05, 4.69) is 10.3 Å². The highest BCUT2D eigenvalue weighted by Crippen LogP contribution is 2.16. The molecule has 2 rings (SSSR count). The molecule has 13 nitrogen and oxygen atoms in total. The number of nitro benzene ring substituents is 1. The Morgan fingerprint density at radius 1 is 1.26 bits per heavy atom. The monoisotopic (exact) mass is 478 g/mol. The number of hydrogen-bond donors (Lipinski definition) is 3. The van der Waals surface area contributed by atoms with Crippen LogP contribution >= 0.6 is 0 Å². The van der Waals surface area contributed by atoms with Gasteiger partial charge in [0.1, 0.15) is 12.2 Å². The number of nitrogens with zero attached hydrogens (tertiary/aromatic N) is 3. The fourth-order valence-electron chi connectivity index (χ4n) is 3.16. The van der Waals surface area contributed by atoms with Gasteiger partial charge in [-0.3, -0.25) is 14.9 Å². The number of non-ortho nitro benzene ring substituents is 1. The normalized spacial score (nSPS) is 16.3. The molecule has 1 aliphatic heterocycles. The molecule has 0 spiro atoms. The van der Waals surface area contributed by atoms with Crippen LogP contribution in [0.4, 0.5) is 10.5 Å². The van der Waals surface area contributed by atoms with Gasteiger partial charge in [-0.25, -0.2) is 14.6 Å². The summed E-state index contributed by atoms with van der Waals surface area (Å²) in [5, 5.41) is 13.5. The molecule has 186 valence electrons. The smallest absolute Gasteiger partial charge is 0.410 e. The van der Waals surface area contributed by atoms with Gasteiger partial charge >= 0.3 is 12.1 Å². The summed E-state index contributed by atoms with van der Waals surface area (Å²) in [5.74, 6) is -1.70. The number of hydrogen-bond acceptors (Lipinski definition) is 8. The second kappa shape index (κ2) is 11.3. The molecule has 1 unspecified atom stereocenters. The van der Waals surface area contributed by atoms with Crippen molar-refractivity contribution >= 4 is 29.6 Å². The van der Waals surface area contributed by atoms with E-state index >= 15 is 0 Å². The largest absolute Gasteiger partial charge is 0.459 e. The summed E-state index contributed by atoms with van der Waals surface area (Å²) >= 11 is 0. The van der Waals surface area contributed by atoms with E-state index < -0.39 is 34.5 Å². The highest BCUT2D eigenvalue weighted by molar-refractivity contribution is 5.88. The lowest BCUT2D eigenvalue weighted by molar-refractivity contribution is -0.384. The molecule has 2 atom stereocenters. The Labute approximate surface area is 196 Å². The Kier molecular flexibility index (Phi) is 8.76. The van der Waals surface area contributed by atoms with Gasteiger partial charge < -0.3 is 31.2 Å². The van der Waals surface area contributed by atoms with E-state index in [1.54, 1.807) is 20.8 Å². The van der Waals surface area contributed by atoms with E-state index in [1.165, 1.54) is 29.2 Å². The molecular formula is C21H30N6O7. The van der Waals surface area contributed by atoms with Crippen molar-refractivity contribution in [3.63, 3.8) is 0 Å². The maximum Gasteiger partial charge on any atom is 0.410 e. The summed E-state index contributed by atoms with van der Waals surface area (Å²) in [6.07, 6.45) is -0.292. The predicted octanol–water partition coefficient (Wildman–Crippen LogP) is 0.796. The molecular weight excluding hydrogens is 448 g/mol. The highest BCUT2D eigenvalue weighted by Gasteiger charge is 2.31. The average Bonchev–Trinajstić information content (AvgIpc) is 3.18. The molecule has 13 heteroatoms. The number of esters is 1. The van der Waals surface area contributed by atoms with E-state index in [0.29, 0.717) is 18.5 Å². The first-order valence-electron chi connectivity index (χ1n) is 10.6. The van der Waals surface area contributed by atoms with Crippen LogP contribution in [0.5, 0.6) is 0 Å². The SMILES string of the molecule is CC(C)(C)OC(=O)N1CC[C@H](NC(=O)CC(N=C(N)N)C(=O)OCc2ccc([N+](=O)[O-])cc2)C1. The number of aliphatic imine (C=N–C) groups is 1. The third-order valence-electron chi connectivity index (χ3n) is 4.69. The van der Waals surface area contributed by atoms with Crippen molar-refractivity contribution in [1.82, 2.24) is 10.2 Å². The van der Waals surface area contributed by atoms with Gasteiger partial charge in [-0.2, -0.15) is 0 Å². The minimum Gasteiger partial charge on any atom is -0.459 e. The van der Waals surface area contributed by atoms with Crippen LogP contribution in [0.15, 0.2) is 29.3 Å². The zero-order valence-electron chi connectivity index (χ0n) is 19.4. The van der Waals surface area contributed by atoms with Gasteiger partial charge in [0, 0.05) is 31.3 Å². The zero-order valence-corrected chi connectivity index (χ0v) is 19.4. The Morgan fingerprint density at radius 3 is 2.47 bits per heavy atom. The second-order valence-electron chi connectivity index (χ2n) is 8.78. The average molecular weight is 479 g/mol. The number of carbonyl (C=O) groups is 3. The van der Waals surface area contributed by atoms with Crippen LogP contribution < -0.4 is 16.8 Å². The lowest BCUT2D eigenvalue weighted by atomic mass is 10.2. The van der Waals surface area contributed by atoms with Crippen molar-refractivity contribution in [2.24, 2.45) is 16.5 Å². The van der Waals surface area contributed by atoms with Crippen molar-refractivity contribution in [1.29, 1.82) is 0 Å². The number of amides is 2. The first-order chi connectivity index (χ1) is 15.8. The Balaban J connectivity index is 1.89. The molecule has 0 radical (unpaired) electrons. The molecule has 1 heterocycles. The Bertz CT molecular complexity index is 938. The van der Waals surface area contributed by atoms with Crippen LogP contribution in [0.2, 0.25) is 0 Å². The fraction of sp³-hybridized carbons (Fsp3) is 0.524. The number of nitrogens with one attached hydrogen (secondary N) is 1. The number of nitro groups is 1. The van der Waals surface area contributed by atoms with Crippen molar-refractivity contribution in [2.75, 3.05) is 13.1 Å². The maximum atomic E-state index is 12.5. The third kappa shape index (κ3) is 8.56. The molecule has 1 fully saturated rings. The maximum absolute atomic E-state index is 12.5. The summed E-state index contributed by atoms with van der Waals surface area (Å²) in [4.78, 5) is 52.6. The van der Waals surface area contributed by atoms with Gasteiger partial charge in [-0.1, -0.05) is 0 Å². The minimum absolute atomic E-state index is 0.0951. The van der Waals surface area contributed by atoms with E-state index in [0.717, 1.165) is 0 Å². The van der Waals surface area contributed by atoms with Gasteiger partial charge in [0.2, 0.25) is 5.91 Å². The van der Waals surface area contributed by atoms with Crippen LogP contribution in [0.25, 0.3) is 0 Å². The first-order valence-corrected chi connectivity index (χ1v) is 10.6. The summed E-state index contributed by atoms with van der Waals surface area (Å²) < 4.78 is 10.5. The van der Waals surface area contributed by atoms with Crippen molar-refractivity contribution in [2.45, 2.75) is 57.9 Å². The molecule has 1 aromatic rings. The lowest BCUT2D eigenvalue weighted by Gasteiger charge is -2.24. The standard InChI is InChI=1S/C21H30N6O7/c1-21(2,3)34-20(30)26-9-8-14(11-26)24-17(28)10-16(25-19(22)23)18(29)33-12-13-4-6-15(7-5-13)27(31)32/h4-7,14,16H,8-12H2,1-3H3,(H,24,28)(H4,22,23,25)/t14-,16?/m0/s1. The topological polar surface area (TPSA) is 192 Å². The fourth-order valence-corrected chi connectivity index (χ4v) is 3.16. The van der Waals surface area contributed by atoms with Gasteiger partial charge in [-0.15, -0.1) is 0 Å². The van der Waals surface area contributed by atoms with Crippen LogP contribution in [0.1, 0.15) is 39.2 Å². The molecule has 1 aliphatic rings. The molecule has 5 N–H and O–H groups in total. The molecule has 0 bridgehead atoms. The molecule has 1 aromatic carbocycles. The third-order valence-corrected chi connectivity index (χ3v) is 4.69. The number of guanidine groups is 1. The number of ether oxygens (including phenoxy) is 2. The molecule has 0 aromatic heterocycles. The molecule has 0 aliphatic carbocycles. The lowest BCUT2D eigenvalue weighted by Crippen LogP contribution is -2.42.